The molecular formula is C28H39FN4O. The van der Waals surface area contributed by atoms with E-state index in [-0.39, 0.29) is 23.3 Å². The van der Waals surface area contributed by atoms with Gasteiger partial charge in [-0.2, -0.15) is 0 Å². The third kappa shape index (κ3) is 5.19. The number of amides is 1. The van der Waals surface area contributed by atoms with Gasteiger partial charge in [-0.1, -0.05) is 42.8 Å². The number of hydrogen-bond acceptors (Lipinski definition) is 4. The third-order valence-corrected chi connectivity index (χ3v) is 7.72. The number of nitrogens with one attached hydrogen (secondary N) is 2. The first-order valence-corrected chi connectivity index (χ1v) is 12.7. The molecule has 34 heavy (non-hydrogen) atoms. The molecule has 1 amide bonds. The van der Waals surface area contributed by atoms with Gasteiger partial charge in [0.2, 0.25) is 5.91 Å². The first-order valence-electron chi connectivity index (χ1n) is 12.7. The number of likely N-dealkylation sites (N-methyl/N-ethyl adjacent to an activating group) is 2. The Bertz CT molecular complexity index is 969. The Morgan fingerprint density at radius 3 is 2.50 bits per heavy atom. The van der Waals surface area contributed by atoms with Crippen molar-refractivity contribution >= 4 is 5.91 Å². The van der Waals surface area contributed by atoms with E-state index in [1.165, 1.54) is 28.8 Å². The van der Waals surface area contributed by atoms with Crippen molar-refractivity contribution < 1.29 is 9.18 Å². The fourth-order valence-corrected chi connectivity index (χ4v) is 5.86. The number of piperidine rings is 1. The molecule has 2 aromatic carbocycles. The maximum atomic E-state index is 13.6. The summed E-state index contributed by atoms with van der Waals surface area (Å²) in [6, 6.07) is 13.1. The highest BCUT2D eigenvalue weighted by Gasteiger charge is 2.45. The molecule has 2 aliphatic heterocycles. The molecule has 2 heterocycles. The number of nitrogens with zero attached hydrogens (tertiary/aromatic N) is 2. The monoisotopic (exact) mass is 466 g/mol. The first kappa shape index (κ1) is 24.8. The van der Waals surface area contributed by atoms with E-state index in [9.17, 15) is 9.18 Å². The molecule has 0 bridgehead atoms. The number of likely N-dealkylation sites (tertiary alicyclic amines) is 1. The lowest BCUT2D eigenvalue weighted by Gasteiger charge is -2.52. The molecule has 1 spiro atoms. The average molecular weight is 467 g/mol. The van der Waals surface area contributed by atoms with E-state index >= 15 is 0 Å². The van der Waals surface area contributed by atoms with Crippen molar-refractivity contribution in [2.24, 2.45) is 0 Å². The number of benzene rings is 2. The van der Waals surface area contributed by atoms with Crippen LogP contribution >= 0.6 is 0 Å². The topological polar surface area (TPSA) is 47.6 Å². The van der Waals surface area contributed by atoms with E-state index in [1.54, 1.807) is 12.1 Å². The van der Waals surface area contributed by atoms with Gasteiger partial charge in [0.1, 0.15) is 5.82 Å². The van der Waals surface area contributed by atoms with E-state index in [4.69, 9.17) is 0 Å². The number of hydrogen-bond donors (Lipinski definition) is 2. The Hall–Kier alpha value is -2.28. The van der Waals surface area contributed by atoms with Gasteiger partial charge in [-0.3, -0.25) is 9.69 Å². The SMILES string of the molecule is CCN1CCc2cc(C)ccc2C12CCN(C(=O)[C@@H](Cc1ccc(F)cc1)NCCNC)CC2. The van der Waals surface area contributed by atoms with Crippen molar-refractivity contribution in [3.8, 4) is 0 Å². The minimum Gasteiger partial charge on any atom is -0.341 e. The normalized spacial score (nSPS) is 18.6. The maximum Gasteiger partial charge on any atom is 0.240 e. The van der Waals surface area contributed by atoms with Gasteiger partial charge in [0.05, 0.1) is 6.04 Å². The predicted octanol–water partition coefficient (Wildman–Crippen LogP) is 3.25. The van der Waals surface area contributed by atoms with E-state index in [1.807, 2.05) is 11.9 Å². The molecule has 1 atom stereocenters. The fraction of sp³-hybridized carbons (Fsp3) is 0.536. The van der Waals surface area contributed by atoms with Crippen molar-refractivity contribution in [1.82, 2.24) is 20.4 Å². The van der Waals surface area contributed by atoms with Gasteiger partial charge in [-0.05, 0) is 75.0 Å². The summed E-state index contributed by atoms with van der Waals surface area (Å²) in [6.45, 7) is 9.55. The summed E-state index contributed by atoms with van der Waals surface area (Å²) in [4.78, 5) is 18.3. The van der Waals surface area contributed by atoms with Crippen molar-refractivity contribution in [3.05, 3.63) is 70.5 Å². The molecule has 5 nitrogen and oxygen atoms in total. The van der Waals surface area contributed by atoms with Crippen LogP contribution in [0.15, 0.2) is 42.5 Å². The van der Waals surface area contributed by atoms with Gasteiger partial charge in [-0.25, -0.2) is 4.39 Å². The zero-order valence-corrected chi connectivity index (χ0v) is 20.9. The number of fused-ring (bicyclic) bond motifs is 2. The van der Waals surface area contributed by atoms with Gasteiger partial charge in [-0.15, -0.1) is 0 Å². The summed E-state index contributed by atoms with van der Waals surface area (Å²) in [5, 5.41) is 6.57. The predicted molar refractivity (Wildman–Crippen MR) is 135 cm³/mol. The molecular weight excluding hydrogens is 427 g/mol. The highest BCUT2D eigenvalue weighted by Crippen LogP contribution is 2.43. The average Bonchev–Trinajstić information content (AvgIpc) is 2.85. The number of halogens is 1. The Labute approximate surface area is 203 Å². The van der Waals surface area contributed by atoms with E-state index in [0.717, 1.165) is 57.5 Å². The Morgan fingerprint density at radius 2 is 1.82 bits per heavy atom. The quantitative estimate of drug-likeness (QED) is 0.587. The third-order valence-electron chi connectivity index (χ3n) is 7.72. The molecule has 0 aliphatic carbocycles. The number of rotatable bonds is 8. The summed E-state index contributed by atoms with van der Waals surface area (Å²) in [6.07, 6.45) is 3.59. The summed E-state index contributed by atoms with van der Waals surface area (Å²) in [5.41, 5.74) is 5.26. The zero-order valence-electron chi connectivity index (χ0n) is 20.9. The molecule has 0 unspecified atom stereocenters. The molecule has 0 aromatic heterocycles. The van der Waals surface area contributed by atoms with Crippen LogP contribution in [0, 0.1) is 12.7 Å². The largest absolute Gasteiger partial charge is 0.341 e. The molecule has 2 N–H and O–H groups in total. The Balaban J connectivity index is 1.49. The second-order valence-corrected chi connectivity index (χ2v) is 9.79. The van der Waals surface area contributed by atoms with Gasteiger partial charge in [0.15, 0.2) is 0 Å². The number of aryl methyl sites for hydroxylation is 1. The zero-order chi connectivity index (χ0) is 24.1. The molecule has 0 radical (unpaired) electrons. The van der Waals surface area contributed by atoms with Crippen LogP contribution in [-0.4, -0.2) is 68.1 Å². The van der Waals surface area contributed by atoms with Crippen LogP contribution in [0.5, 0.6) is 0 Å². The van der Waals surface area contributed by atoms with Crippen LogP contribution < -0.4 is 10.6 Å². The minimum atomic E-state index is -0.309. The smallest absolute Gasteiger partial charge is 0.240 e. The van der Waals surface area contributed by atoms with Crippen LogP contribution in [0.3, 0.4) is 0 Å². The highest BCUT2D eigenvalue weighted by molar-refractivity contribution is 5.82. The standard InChI is InChI=1S/C28H39FN4O/c1-4-33-16-11-23-19-21(2)5-10-25(23)28(33)12-17-32(18-13-28)27(34)26(31-15-14-30-3)20-22-6-8-24(29)9-7-22/h5-10,19,26,30-31H,4,11-18,20H2,1-3H3/t26-/m1/s1. The highest BCUT2D eigenvalue weighted by atomic mass is 19.1. The van der Waals surface area contributed by atoms with Crippen LogP contribution in [0.4, 0.5) is 4.39 Å². The Kier molecular flexibility index (Phi) is 8.02. The van der Waals surface area contributed by atoms with E-state index < -0.39 is 0 Å². The van der Waals surface area contributed by atoms with Crippen molar-refractivity contribution in [1.29, 1.82) is 0 Å². The minimum absolute atomic E-state index is 0.0266. The van der Waals surface area contributed by atoms with E-state index in [2.05, 4.69) is 47.6 Å². The van der Waals surface area contributed by atoms with E-state index in [0.29, 0.717) is 13.0 Å². The fourth-order valence-electron chi connectivity index (χ4n) is 5.86. The summed E-state index contributed by atoms with van der Waals surface area (Å²) >= 11 is 0. The molecule has 1 fully saturated rings. The first-order chi connectivity index (χ1) is 16.5. The lowest BCUT2D eigenvalue weighted by Crippen LogP contribution is -2.59. The van der Waals surface area contributed by atoms with Crippen LogP contribution in [0.1, 0.15) is 42.0 Å². The van der Waals surface area contributed by atoms with Crippen LogP contribution in [-0.2, 0) is 23.2 Å². The molecule has 6 heteroatoms. The number of carbonyl (C=O) groups is 1. The number of carbonyl (C=O) groups excluding carboxylic acids is 1. The lowest BCUT2D eigenvalue weighted by atomic mass is 9.73. The molecule has 1 saturated heterocycles. The molecule has 0 saturated carbocycles. The van der Waals surface area contributed by atoms with Crippen molar-refractivity contribution in [2.45, 2.75) is 51.1 Å². The summed E-state index contributed by atoms with van der Waals surface area (Å²) in [7, 11) is 1.91. The molecule has 2 aliphatic rings. The van der Waals surface area contributed by atoms with Gasteiger partial charge in [0.25, 0.3) is 0 Å². The molecule has 184 valence electrons. The van der Waals surface area contributed by atoms with Gasteiger partial charge in [0, 0.05) is 38.3 Å². The molecule has 4 rings (SSSR count). The molecule has 2 aromatic rings. The Morgan fingerprint density at radius 1 is 1.09 bits per heavy atom. The van der Waals surface area contributed by atoms with Crippen LogP contribution in [0.2, 0.25) is 0 Å². The summed E-state index contributed by atoms with van der Waals surface area (Å²) in [5.74, 6) is -0.0993. The second kappa shape index (κ2) is 11.0. The lowest BCUT2D eigenvalue weighted by molar-refractivity contribution is -0.136. The van der Waals surface area contributed by atoms with Crippen molar-refractivity contribution in [3.63, 3.8) is 0 Å². The van der Waals surface area contributed by atoms with Crippen LogP contribution in [0.25, 0.3) is 0 Å². The summed E-state index contributed by atoms with van der Waals surface area (Å²) < 4.78 is 13.4. The second-order valence-electron chi connectivity index (χ2n) is 9.79. The van der Waals surface area contributed by atoms with Gasteiger partial charge >= 0.3 is 0 Å². The van der Waals surface area contributed by atoms with Gasteiger partial charge < -0.3 is 15.5 Å². The van der Waals surface area contributed by atoms with Crippen molar-refractivity contribution in [2.75, 3.05) is 46.3 Å². The maximum absolute atomic E-state index is 13.6.